The molecule has 0 saturated carbocycles. The van der Waals surface area contributed by atoms with Gasteiger partial charge in [-0.15, -0.1) is 10.2 Å². The van der Waals surface area contributed by atoms with Gasteiger partial charge in [0, 0.05) is 30.8 Å². The largest absolute Gasteiger partial charge is 0.444 e. The normalized spacial score (nSPS) is 16.9. The Kier molecular flexibility index (Phi) is 5.32. The molecule has 8 nitrogen and oxygen atoms in total. The molecule has 152 valence electrons. The van der Waals surface area contributed by atoms with E-state index in [-0.39, 0.29) is 6.10 Å². The Labute approximate surface area is 173 Å². The van der Waals surface area contributed by atoms with Crippen molar-refractivity contribution in [3.63, 3.8) is 0 Å². The van der Waals surface area contributed by atoms with Crippen molar-refractivity contribution in [2.24, 2.45) is 0 Å². The molecule has 0 aliphatic carbocycles. The van der Waals surface area contributed by atoms with Crippen LogP contribution in [-0.4, -0.2) is 49.7 Å². The summed E-state index contributed by atoms with van der Waals surface area (Å²) < 4.78 is 11.8. The summed E-state index contributed by atoms with van der Waals surface area (Å²) in [4.78, 5) is 7.03. The van der Waals surface area contributed by atoms with Gasteiger partial charge in [-0.1, -0.05) is 42.5 Å². The van der Waals surface area contributed by atoms with E-state index in [9.17, 15) is 0 Å². The summed E-state index contributed by atoms with van der Waals surface area (Å²) in [5.74, 6) is 1.13. The summed E-state index contributed by atoms with van der Waals surface area (Å²) in [5, 5.41) is 14.1. The lowest BCUT2D eigenvalue weighted by Crippen LogP contribution is -2.23. The van der Waals surface area contributed by atoms with Gasteiger partial charge in [-0.3, -0.25) is 4.90 Å². The molecule has 3 heterocycles. The van der Waals surface area contributed by atoms with Crippen molar-refractivity contribution in [2.45, 2.75) is 25.7 Å². The smallest absolute Gasteiger partial charge is 0.226 e. The van der Waals surface area contributed by atoms with E-state index >= 15 is 0 Å². The predicted molar refractivity (Wildman–Crippen MR) is 110 cm³/mol. The van der Waals surface area contributed by atoms with Gasteiger partial charge in [0.1, 0.15) is 6.26 Å². The molecule has 1 saturated heterocycles. The van der Waals surface area contributed by atoms with Gasteiger partial charge < -0.3 is 9.15 Å². The number of ether oxygens (including phenoxy) is 1. The van der Waals surface area contributed by atoms with Crippen molar-refractivity contribution < 1.29 is 9.15 Å². The number of likely N-dealkylation sites (tertiary alicyclic amines) is 1. The summed E-state index contributed by atoms with van der Waals surface area (Å²) in [6.45, 7) is 3.31. The van der Waals surface area contributed by atoms with E-state index < -0.39 is 0 Å². The standard InChI is InChI=1S/C22H22N6O2/c1-2-5-16(6-3-1)14-29-20-9-10-28(13-20)12-19-15-30-22(23-19)18-8-4-7-17(11-18)21-24-26-27-25-21/h1-8,11,15,20H,9-10,12-14H2,(H,24,25,26,27). The summed E-state index contributed by atoms with van der Waals surface area (Å²) in [6.07, 6.45) is 3.02. The molecule has 0 bridgehead atoms. The number of aromatic nitrogens is 5. The van der Waals surface area contributed by atoms with Crippen molar-refractivity contribution in [3.05, 3.63) is 72.1 Å². The molecule has 1 unspecified atom stereocenters. The maximum absolute atomic E-state index is 6.08. The number of hydrogen-bond donors (Lipinski definition) is 1. The Balaban J connectivity index is 1.18. The third kappa shape index (κ3) is 4.29. The van der Waals surface area contributed by atoms with Gasteiger partial charge in [0.2, 0.25) is 11.7 Å². The fourth-order valence-corrected chi connectivity index (χ4v) is 3.68. The van der Waals surface area contributed by atoms with E-state index in [1.165, 1.54) is 5.56 Å². The molecule has 2 aromatic carbocycles. The molecule has 1 aliphatic rings. The Morgan fingerprint density at radius 1 is 1.10 bits per heavy atom. The van der Waals surface area contributed by atoms with E-state index in [0.29, 0.717) is 18.3 Å². The SMILES string of the molecule is c1ccc(COC2CCN(Cc3coc(-c4cccc(-c5nn[nH]n5)c4)n3)C2)cc1. The quantitative estimate of drug-likeness (QED) is 0.507. The van der Waals surface area contributed by atoms with Crippen molar-refractivity contribution in [1.29, 1.82) is 0 Å². The minimum atomic E-state index is 0.253. The topological polar surface area (TPSA) is 93.0 Å². The van der Waals surface area contributed by atoms with E-state index in [0.717, 1.165) is 42.9 Å². The molecule has 1 fully saturated rings. The average molecular weight is 402 g/mol. The number of rotatable bonds is 7. The zero-order chi connectivity index (χ0) is 20.2. The van der Waals surface area contributed by atoms with E-state index in [4.69, 9.17) is 9.15 Å². The van der Waals surface area contributed by atoms with Crippen LogP contribution in [-0.2, 0) is 17.9 Å². The molecular formula is C22H22N6O2. The first-order valence-corrected chi connectivity index (χ1v) is 10.00. The first-order valence-electron chi connectivity index (χ1n) is 10.00. The molecular weight excluding hydrogens is 380 g/mol. The Morgan fingerprint density at radius 3 is 2.87 bits per heavy atom. The highest BCUT2D eigenvalue weighted by atomic mass is 16.5. The van der Waals surface area contributed by atoms with Crippen LogP contribution in [0.3, 0.4) is 0 Å². The van der Waals surface area contributed by atoms with E-state index in [2.05, 4.69) is 42.6 Å². The summed E-state index contributed by atoms with van der Waals surface area (Å²) in [6, 6.07) is 18.1. The molecule has 8 heteroatoms. The minimum absolute atomic E-state index is 0.253. The van der Waals surface area contributed by atoms with Crippen LogP contribution in [0, 0.1) is 0 Å². The number of tetrazole rings is 1. The van der Waals surface area contributed by atoms with Gasteiger partial charge in [0.15, 0.2) is 0 Å². The second-order valence-electron chi connectivity index (χ2n) is 7.40. The second kappa shape index (κ2) is 8.56. The highest BCUT2D eigenvalue weighted by Crippen LogP contribution is 2.25. The third-order valence-electron chi connectivity index (χ3n) is 5.21. The number of nitrogens with zero attached hydrogens (tertiary/aromatic N) is 5. The average Bonchev–Trinajstić information content (AvgIpc) is 3.56. The molecule has 0 amide bonds. The zero-order valence-corrected chi connectivity index (χ0v) is 16.4. The number of nitrogens with one attached hydrogen (secondary N) is 1. The summed E-state index contributed by atoms with van der Waals surface area (Å²) in [5.41, 5.74) is 3.87. The first kappa shape index (κ1) is 18.7. The van der Waals surface area contributed by atoms with Gasteiger partial charge in [-0.2, -0.15) is 5.21 Å². The van der Waals surface area contributed by atoms with Crippen LogP contribution in [0.15, 0.2) is 65.3 Å². The lowest BCUT2D eigenvalue weighted by molar-refractivity contribution is 0.0461. The van der Waals surface area contributed by atoms with Crippen molar-refractivity contribution in [2.75, 3.05) is 13.1 Å². The Bertz CT molecular complexity index is 1080. The number of hydrogen-bond acceptors (Lipinski definition) is 7. The molecule has 4 aromatic rings. The van der Waals surface area contributed by atoms with Crippen LogP contribution in [0.2, 0.25) is 0 Å². The van der Waals surface area contributed by atoms with E-state index in [1.54, 1.807) is 6.26 Å². The van der Waals surface area contributed by atoms with Gasteiger partial charge >= 0.3 is 0 Å². The molecule has 1 atom stereocenters. The van der Waals surface area contributed by atoms with Gasteiger partial charge in [0.25, 0.3) is 0 Å². The number of aromatic amines is 1. The van der Waals surface area contributed by atoms with Crippen LogP contribution in [0.5, 0.6) is 0 Å². The Hall–Kier alpha value is -3.36. The number of oxazole rings is 1. The minimum Gasteiger partial charge on any atom is -0.444 e. The Morgan fingerprint density at radius 2 is 2.00 bits per heavy atom. The van der Waals surface area contributed by atoms with Crippen LogP contribution < -0.4 is 0 Å². The summed E-state index contributed by atoms with van der Waals surface area (Å²) in [7, 11) is 0. The van der Waals surface area contributed by atoms with Crippen molar-refractivity contribution in [1.82, 2.24) is 30.5 Å². The molecule has 2 aromatic heterocycles. The molecule has 1 N–H and O–H groups in total. The van der Waals surface area contributed by atoms with Crippen molar-refractivity contribution >= 4 is 0 Å². The molecule has 0 radical (unpaired) electrons. The maximum Gasteiger partial charge on any atom is 0.226 e. The molecule has 5 rings (SSSR count). The van der Waals surface area contributed by atoms with Gasteiger partial charge in [-0.05, 0) is 29.3 Å². The predicted octanol–water partition coefficient (Wildman–Crippen LogP) is 3.31. The maximum atomic E-state index is 6.08. The summed E-state index contributed by atoms with van der Waals surface area (Å²) >= 11 is 0. The van der Waals surface area contributed by atoms with Crippen LogP contribution in [0.25, 0.3) is 22.8 Å². The number of H-pyrrole nitrogens is 1. The monoisotopic (exact) mass is 402 g/mol. The van der Waals surface area contributed by atoms with Gasteiger partial charge in [0.05, 0.1) is 18.4 Å². The lowest BCUT2D eigenvalue weighted by atomic mass is 10.1. The third-order valence-corrected chi connectivity index (χ3v) is 5.21. The lowest BCUT2D eigenvalue weighted by Gasteiger charge is -2.15. The van der Waals surface area contributed by atoms with Crippen LogP contribution in [0.4, 0.5) is 0 Å². The fraction of sp³-hybridized carbons (Fsp3) is 0.273. The molecule has 1 aliphatic heterocycles. The van der Waals surface area contributed by atoms with Crippen LogP contribution in [0.1, 0.15) is 17.7 Å². The second-order valence-corrected chi connectivity index (χ2v) is 7.40. The van der Waals surface area contributed by atoms with Crippen LogP contribution >= 0.6 is 0 Å². The first-order chi connectivity index (χ1) is 14.8. The highest BCUT2D eigenvalue weighted by Gasteiger charge is 2.24. The highest BCUT2D eigenvalue weighted by molar-refractivity contribution is 5.64. The van der Waals surface area contributed by atoms with Gasteiger partial charge in [-0.25, -0.2) is 4.98 Å². The van der Waals surface area contributed by atoms with E-state index in [1.807, 2.05) is 42.5 Å². The zero-order valence-electron chi connectivity index (χ0n) is 16.4. The van der Waals surface area contributed by atoms with Crippen molar-refractivity contribution in [3.8, 4) is 22.8 Å². The number of benzene rings is 2. The fourth-order valence-electron chi connectivity index (χ4n) is 3.68. The molecule has 0 spiro atoms. The molecule has 30 heavy (non-hydrogen) atoms.